The van der Waals surface area contributed by atoms with Crippen molar-refractivity contribution in [3.8, 4) is 6.07 Å². The number of hydrogen-bond donors (Lipinski definition) is 1. The van der Waals surface area contributed by atoms with Crippen molar-refractivity contribution in [2.45, 2.75) is 4.87 Å². The monoisotopic (exact) mass is 254 g/mol. The van der Waals surface area contributed by atoms with Crippen LogP contribution in [-0.4, -0.2) is 4.98 Å². The predicted molar refractivity (Wildman–Crippen MR) is 73.2 cm³/mol. The second-order valence-corrected chi connectivity index (χ2v) is 4.99. The molecule has 18 heavy (non-hydrogen) atoms. The van der Waals surface area contributed by atoms with Crippen LogP contribution in [0.1, 0.15) is 5.56 Å². The van der Waals surface area contributed by atoms with Crippen molar-refractivity contribution in [3.63, 3.8) is 0 Å². The number of H-pyrrole nitrogens is 1. The largest absolute Gasteiger partial charge is 0.361 e. The van der Waals surface area contributed by atoms with Crippen molar-refractivity contribution in [3.05, 3.63) is 60.3 Å². The molecule has 2 unspecified atom stereocenters. The molecule has 1 aromatic heterocycles. The van der Waals surface area contributed by atoms with Crippen molar-refractivity contribution < 1.29 is 0 Å². The van der Waals surface area contributed by atoms with Crippen molar-refractivity contribution in [1.29, 1.82) is 5.26 Å². The first kappa shape index (κ1) is 11.1. The normalized spacial score (nSPS) is 26.3. The fourth-order valence-corrected chi connectivity index (χ4v) is 2.79. The molecule has 1 aliphatic rings. The van der Waals surface area contributed by atoms with Crippen molar-refractivity contribution >= 4 is 22.5 Å². The van der Waals surface area contributed by atoms with Crippen LogP contribution in [0.4, 0.5) is 0 Å². The van der Waals surface area contributed by atoms with E-state index in [9.17, 15) is 5.26 Å². The molecule has 3 heteroatoms. The van der Waals surface area contributed by atoms with Gasteiger partial charge in [0, 0.05) is 17.1 Å². The molecule has 0 saturated heterocycles. The van der Waals surface area contributed by atoms with Crippen LogP contribution in [0.5, 0.6) is 0 Å². The van der Waals surface area contributed by atoms with Gasteiger partial charge >= 0.3 is 0 Å². The van der Waals surface area contributed by atoms with Gasteiger partial charge in [0.1, 0.15) is 4.87 Å². The second-order valence-electron chi connectivity index (χ2n) is 4.36. The first-order valence-corrected chi connectivity index (χ1v) is 6.14. The molecule has 0 radical (unpaired) electrons. The number of hydrogen-bond acceptors (Lipinski definition) is 1. The average Bonchev–Trinajstić information content (AvgIpc) is 2.87. The van der Waals surface area contributed by atoms with Gasteiger partial charge < -0.3 is 4.98 Å². The lowest BCUT2D eigenvalue weighted by atomic mass is 9.81. The Morgan fingerprint density at radius 3 is 3.00 bits per heavy atom. The third kappa shape index (κ3) is 1.48. The number of benzene rings is 1. The number of alkyl halides is 1. The maximum absolute atomic E-state index is 9.28. The number of nitrogens with zero attached hydrogens (tertiary/aromatic N) is 1. The maximum atomic E-state index is 9.28. The third-order valence-corrected chi connectivity index (χ3v) is 3.92. The minimum absolute atomic E-state index is 0.357. The van der Waals surface area contributed by atoms with E-state index in [1.807, 2.05) is 54.8 Å². The topological polar surface area (TPSA) is 39.6 Å². The third-order valence-electron chi connectivity index (χ3n) is 3.35. The fraction of sp³-hybridized carbons (Fsp3) is 0.133. The SMILES string of the molecule is N#CC1C=CC=CC1(Cl)c1cccc2[nH]ccc12. The molecule has 2 atom stereocenters. The highest BCUT2D eigenvalue weighted by atomic mass is 35.5. The average molecular weight is 255 g/mol. The van der Waals surface area contributed by atoms with E-state index < -0.39 is 4.87 Å². The molecule has 1 aromatic carbocycles. The van der Waals surface area contributed by atoms with Crippen LogP contribution in [-0.2, 0) is 4.87 Å². The molecule has 0 spiro atoms. The van der Waals surface area contributed by atoms with Crippen LogP contribution in [0.3, 0.4) is 0 Å². The lowest BCUT2D eigenvalue weighted by Gasteiger charge is -2.29. The minimum Gasteiger partial charge on any atom is -0.361 e. The number of allylic oxidation sites excluding steroid dienone is 4. The van der Waals surface area contributed by atoms with Crippen LogP contribution in [0.15, 0.2) is 54.8 Å². The predicted octanol–water partition coefficient (Wildman–Crippen LogP) is 3.87. The molecule has 0 bridgehead atoms. The standard InChI is InChI=1S/C15H11ClN2/c16-15(8-2-1-4-11(15)10-17)13-5-3-6-14-12(13)7-9-18-14/h1-9,11,18H. The van der Waals surface area contributed by atoms with Gasteiger partial charge in [-0.25, -0.2) is 0 Å². The van der Waals surface area contributed by atoms with E-state index in [1.54, 1.807) is 0 Å². The van der Waals surface area contributed by atoms with E-state index in [2.05, 4.69) is 11.1 Å². The van der Waals surface area contributed by atoms with Crippen LogP contribution >= 0.6 is 11.6 Å². The van der Waals surface area contributed by atoms with Gasteiger partial charge in [0.2, 0.25) is 0 Å². The zero-order chi connectivity index (χ0) is 12.6. The molecular weight excluding hydrogens is 244 g/mol. The smallest absolute Gasteiger partial charge is 0.108 e. The first-order chi connectivity index (χ1) is 8.75. The number of aromatic amines is 1. The Morgan fingerprint density at radius 1 is 1.28 bits per heavy atom. The van der Waals surface area contributed by atoms with E-state index >= 15 is 0 Å². The lowest BCUT2D eigenvalue weighted by Crippen LogP contribution is -2.26. The number of aromatic nitrogens is 1. The Morgan fingerprint density at radius 2 is 2.17 bits per heavy atom. The molecule has 0 aliphatic heterocycles. The number of nitriles is 1. The van der Waals surface area contributed by atoms with Gasteiger partial charge in [-0.15, -0.1) is 11.6 Å². The number of rotatable bonds is 1. The van der Waals surface area contributed by atoms with Gasteiger partial charge in [0.25, 0.3) is 0 Å². The van der Waals surface area contributed by atoms with Gasteiger partial charge in [-0.2, -0.15) is 5.26 Å². The molecule has 1 aliphatic carbocycles. The summed E-state index contributed by atoms with van der Waals surface area (Å²) in [7, 11) is 0. The highest BCUT2D eigenvalue weighted by molar-refractivity contribution is 6.27. The second kappa shape index (κ2) is 4.04. The molecular formula is C15H11ClN2. The van der Waals surface area contributed by atoms with Crippen molar-refractivity contribution in [1.82, 2.24) is 4.98 Å². The highest BCUT2D eigenvalue weighted by Crippen LogP contribution is 2.43. The van der Waals surface area contributed by atoms with E-state index in [-0.39, 0.29) is 5.92 Å². The Kier molecular flexibility index (Phi) is 2.50. The fourth-order valence-electron chi connectivity index (χ4n) is 2.43. The number of fused-ring (bicyclic) bond motifs is 1. The van der Waals surface area contributed by atoms with Gasteiger partial charge in [0.15, 0.2) is 0 Å². The summed E-state index contributed by atoms with van der Waals surface area (Å²) in [5, 5.41) is 10.3. The molecule has 0 amide bonds. The Hall–Kier alpha value is -1.98. The molecule has 1 heterocycles. The summed E-state index contributed by atoms with van der Waals surface area (Å²) < 4.78 is 0. The zero-order valence-corrected chi connectivity index (χ0v) is 10.4. The van der Waals surface area contributed by atoms with Crippen LogP contribution < -0.4 is 0 Å². The summed E-state index contributed by atoms with van der Waals surface area (Å²) in [6.07, 6.45) is 9.39. The Labute approximate surface area is 110 Å². The van der Waals surface area contributed by atoms with Gasteiger partial charge in [-0.3, -0.25) is 0 Å². The Bertz CT molecular complexity index is 690. The lowest BCUT2D eigenvalue weighted by molar-refractivity contribution is 0.644. The molecule has 0 fully saturated rings. The summed E-state index contributed by atoms with van der Waals surface area (Å²) in [5.41, 5.74) is 2.00. The molecule has 2 nitrogen and oxygen atoms in total. The van der Waals surface area contributed by atoms with Crippen molar-refractivity contribution in [2.24, 2.45) is 5.92 Å². The van der Waals surface area contributed by atoms with Crippen molar-refractivity contribution in [2.75, 3.05) is 0 Å². The van der Waals surface area contributed by atoms with E-state index in [0.717, 1.165) is 16.5 Å². The zero-order valence-electron chi connectivity index (χ0n) is 9.60. The summed E-state index contributed by atoms with van der Waals surface area (Å²) in [4.78, 5) is 2.38. The Balaban J connectivity index is 2.25. The molecule has 2 aromatic rings. The molecule has 3 rings (SSSR count). The van der Waals surface area contributed by atoms with E-state index in [4.69, 9.17) is 11.6 Å². The number of nitrogens with one attached hydrogen (secondary N) is 1. The summed E-state index contributed by atoms with van der Waals surface area (Å²) >= 11 is 6.73. The van der Waals surface area contributed by atoms with Gasteiger partial charge in [0.05, 0.1) is 12.0 Å². The number of halogens is 1. The first-order valence-electron chi connectivity index (χ1n) is 5.77. The quantitative estimate of drug-likeness (QED) is 0.771. The molecule has 1 N–H and O–H groups in total. The highest BCUT2D eigenvalue weighted by Gasteiger charge is 2.37. The van der Waals surface area contributed by atoms with E-state index in [1.165, 1.54) is 0 Å². The van der Waals surface area contributed by atoms with Gasteiger partial charge in [-0.05, 0) is 17.7 Å². The van der Waals surface area contributed by atoms with E-state index in [0.29, 0.717) is 0 Å². The molecule has 88 valence electrons. The van der Waals surface area contributed by atoms with Crippen LogP contribution in [0.2, 0.25) is 0 Å². The van der Waals surface area contributed by atoms with Crippen LogP contribution in [0, 0.1) is 17.2 Å². The minimum atomic E-state index is -0.787. The summed E-state index contributed by atoms with van der Waals surface area (Å²) in [6, 6.07) is 10.2. The summed E-state index contributed by atoms with van der Waals surface area (Å²) in [6.45, 7) is 0. The van der Waals surface area contributed by atoms with Gasteiger partial charge in [-0.1, -0.05) is 36.4 Å². The maximum Gasteiger partial charge on any atom is 0.108 e. The van der Waals surface area contributed by atoms with Crippen LogP contribution in [0.25, 0.3) is 10.9 Å². The molecule has 0 saturated carbocycles. The summed E-state index contributed by atoms with van der Waals surface area (Å²) in [5.74, 6) is -0.357.